The van der Waals surface area contributed by atoms with Crippen LogP contribution in [-0.4, -0.2) is 38.7 Å². The minimum absolute atomic E-state index is 0.0548. The van der Waals surface area contributed by atoms with Crippen molar-refractivity contribution in [2.24, 2.45) is 0 Å². The van der Waals surface area contributed by atoms with Gasteiger partial charge in [-0.15, -0.1) is 0 Å². The second kappa shape index (κ2) is 9.53. The number of nitrogens with zero attached hydrogens (tertiary/aromatic N) is 2. The molecule has 9 nitrogen and oxygen atoms in total. The Morgan fingerprint density at radius 2 is 1.90 bits per heavy atom. The Morgan fingerprint density at radius 3 is 2.40 bits per heavy atom. The molecule has 0 aliphatic rings. The van der Waals surface area contributed by atoms with Crippen LogP contribution >= 0.6 is 0 Å². The van der Waals surface area contributed by atoms with E-state index in [4.69, 9.17) is 4.74 Å². The molecule has 2 aromatic carbocycles. The standard InChI is InChI=1S/C19H22FN3O6S/c1-4-16(19(24)21-12-13-5-7-14(20)8-6-13)22(30(3,27)28)17-11-15(23(25)26)9-10-18(17)29-2/h5-11,16H,4,12H2,1-3H3,(H,21,24)/t16-/m0/s1. The first kappa shape index (κ1) is 23.1. The van der Waals surface area contributed by atoms with E-state index in [2.05, 4.69) is 5.32 Å². The van der Waals surface area contributed by atoms with E-state index in [1.165, 1.54) is 43.5 Å². The smallest absolute Gasteiger partial charge is 0.271 e. The number of anilines is 1. The van der Waals surface area contributed by atoms with Gasteiger partial charge in [0, 0.05) is 18.7 Å². The van der Waals surface area contributed by atoms with E-state index >= 15 is 0 Å². The molecule has 2 rings (SSSR count). The lowest BCUT2D eigenvalue weighted by Crippen LogP contribution is -2.49. The number of hydrogen-bond donors (Lipinski definition) is 1. The van der Waals surface area contributed by atoms with Crippen LogP contribution in [-0.2, 0) is 21.4 Å². The third-order valence-corrected chi connectivity index (χ3v) is 5.49. The van der Waals surface area contributed by atoms with E-state index in [1.807, 2.05) is 0 Å². The molecule has 1 atom stereocenters. The van der Waals surface area contributed by atoms with Crippen LogP contribution in [0.5, 0.6) is 5.75 Å². The number of methoxy groups -OCH3 is 1. The zero-order valence-corrected chi connectivity index (χ0v) is 17.5. The number of carbonyl (C=O) groups excluding carboxylic acids is 1. The summed E-state index contributed by atoms with van der Waals surface area (Å²) >= 11 is 0. The number of amides is 1. The Labute approximate surface area is 173 Å². The van der Waals surface area contributed by atoms with Gasteiger partial charge in [-0.25, -0.2) is 12.8 Å². The maximum Gasteiger partial charge on any atom is 0.271 e. The first-order valence-electron chi connectivity index (χ1n) is 8.92. The van der Waals surface area contributed by atoms with Crippen LogP contribution < -0.4 is 14.4 Å². The van der Waals surface area contributed by atoms with Gasteiger partial charge in [-0.1, -0.05) is 19.1 Å². The van der Waals surface area contributed by atoms with Crippen molar-refractivity contribution < 1.29 is 27.3 Å². The van der Waals surface area contributed by atoms with Gasteiger partial charge in [0.25, 0.3) is 5.69 Å². The summed E-state index contributed by atoms with van der Waals surface area (Å²) in [5, 5.41) is 13.8. The minimum atomic E-state index is -4.02. The zero-order valence-electron chi connectivity index (χ0n) is 16.7. The van der Waals surface area contributed by atoms with Crippen molar-refractivity contribution in [2.45, 2.75) is 25.9 Å². The van der Waals surface area contributed by atoms with Crippen LogP contribution in [0.3, 0.4) is 0 Å². The van der Waals surface area contributed by atoms with Gasteiger partial charge in [0.15, 0.2) is 0 Å². The summed E-state index contributed by atoms with van der Waals surface area (Å²) in [5.74, 6) is -0.964. The van der Waals surface area contributed by atoms with Crippen molar-refractivity contribution >= 4 is 27.3 Å². The Hall–Kier alpha value is -3.21. The third kappa shape index (κ3) is 5.44. The molecule has 0 aromatic heterocycles. The first-order chi connectivity index (χ1) is 14.1. The molecule has 1 amide bonds. The van der Waals surface area contributed by atoms with E-state index in [9.17, 15) is 27.7 Å². The zero-order chi connectivity index (χ0) is 22.5. The molecule has 0 bridgehead atoms. The molecule has 30 heavy (non-hydrogen) atoms. The number of hydrogen-bond acceptors (Lipinski definition) is 6. The normalized spacial score (nSPS) is 12.1. The highest BCUT2D eigenvalue weighted by atomic mass is 32.2. The second-order valence-electron chi connectivity index (χ2n) is 6.44. The van der Waals surface area contributed by atoms with Gasteiger partial charge in [0.1, 0.15) is 23.3 Å². The third-order valence-electron chi connectivity index (χ3n) is 4.32. The number of benzene rings is 2. The number of nitro groups is 1. The summed E-state index contributed by atoms with van der Waals surface area (Å²) in [6, 6.07) is 7.80. The lowest BCUT2D eigenvalue weighted by atomic mass is 10.1. The van der Waals surface area contributed by atoms with E-state index in [0.717, 1.165) is 16.6 Å². The molecule has 11 heteroatoms. The maximum absolute atomic E-state index is 13.0. The van der Waals surface area contributed by atoms with Gasteiger partial charge in [-0.2, -0.15) is 0 Å². The summed E-state index contributed by atoms with van der Waals surface area (Å²) in [6.07, 6.45) is 0.995. The number of non-ortho nitro benzene ring substituents is 1. The first-order valence-corrected chi connectivity index (χ1v) is 10.8. The predicted octanol–water partition coefficient (Wildman–Crippen LogP) is 2.60. The largest absolute Gasteiger partial charge is 0.495 e. The quantitative estimate of drug-likeness (QED) is 0.474. The van der Waals surface area contributed by atoms with Gasteiger partial charge in [-0.05, 0) is 30.2 Å². The molecule has 0 saturated carbocycles. The van der Waals surface area contributed by atoms with E-state index in [1.54, 1.807) is 6.92 Å². The monoisotopic (exact) mass is 439 g/mol. The molecule has 0 heterocycles. The van der Waals surface area contributed by atoms with Crippen LogP contribution in [0.1, 0.15) is 18.9 Å². The minimum Gasteiger partial charge on any atom is -0.495 e. The van der Waals surface area contributed by atoms with E-state index in [-0.39, 0.29) is 30.1 Å². The molecule has 0 unspecified atom stereocenters. The fraction of sp³-hybridized carbons (Fsp3) is 0.316. The maximum atomic E-state index is 13.0. The van der Waals surface area contributed by atoms with Crippen molar-refractivity contribution in [3.05, 3.63) is 64.0 Å². The van der Waals surface area contributed by atoms with Crippen molar-refractivity contribution in [1.82, 2.24) is 5.32 Å². The molecule has 0 aliphatic carbocycles. The Bertz CT molecular complexity index is 1030. The van der Waals surface area contributed by atoms with Crippen molar-refractivity contribution in [3.63, 3.8) is 0 Å². The molecule has 0 fully saturated rings. The summed E-state index contributed by atoms with van der Waals surface area (Å²) in [5.41, 5.74) is 0.164. The highest BCUT2D eigenvalue weighted by Gasteiger charge is 2.34. The lowest BCUT2D eigenvalue weighted by Gasteiger charge is -2.31. The summed E-state index contributed by atoms with van der Waals surface area (Å²) in [4.78, 5) is 23.3. The molecular formula is C19H22FN3O6S. The summed E-state index contributed by atoms with van der Waals surface area (Å²) in [6.45, 7) is 1.67. The number of carbonyl (C=O) groups is 1. The van der Waals surface area contributed by atoms with Crippen molar-refractivity contribution in [3.8, 4) is 5.75 Å². The van der Waals surface area contributed by atoms with Crippen LogP contribution in [0.25, 0.3) is 0 Å². The number of rotatable bonds is 9. The Balaban J connectivity index is 2.41. The molecule has 1 N–H and O–H groups in total. The van der Waals surface area contributed by atoms with E-state index in [0.29, 0.717) is 5.56 Å². The van der Waals surface area contributed by atoms with Gasteiger partial charge < -0.3 is 10.1 Å². The van der Waals surface area contributed by atoms with Gasteiger partial charge in [0.05, 0.1) is 18.3 Å². The molecule has 0 saturated heterocycles. The van der Waals surface area contributed by atoms with Gasteiger partial charge >= 0.3 is 0 Å². The summed E-state index contributed by atoms with van der Waals surface area (Å²) < 4.78 is 44.2. The molecular weight excluding hydrogens is 417 g/mol. The second-order valence-corrected chi connectivity index (χ2v) is 8.30. The Morgan fingerprint density at radius 1 is 1.27 bits per heavy atom. The topological polar surface area (TPSA) is 119 Å². The fourth-order valence-electron chi connectivity index (χ4n) is 2.91. The Kier molecular flexibility index (Phi) is 7.33. The van der Waals surface area contributed by atoms with E-state index < -0.39 is 32.7 Å². The van der Waals surface area contributed by atoms with Crippen LogP contribution in [0.15, 0.2) is 42.5 Å². The number of nitrogens with one attached hydrogen (secondary N) is 1. The number of sulfonamides is 1. The predicted molar refractivity (Wildman–Crippen MR) is 109 cm³/mol. The number of nitro benzene ring substituents is 1. The highest BCUT2D eigenvalue weighted by molar-refractivity contribution is 7.92. The summed E-state index contributed by atoms with van der Waals surface area (Å²) in [7, 11) is -2.73. The molecule has 0 spiro atoms. The average molecular weight is 439 g/mol. The number of ether oxygens (including phenoxy) is 1. The van der Waals surface area contributed by atoms with Crippen molar-refractivity contribution in [2.75, 3.05) is 17.7 Å². The molecule has 0 radical (unpaired) electrons. The molecule has 0 aliphatic heterocycles. The highest BCUT2D eigenvalue weighted by Crippen LogP contribution is 2.35. The van der Waals surface area contributed by atoms with Crippen molar-refractivity contribution in [1.29, 1.82) is 0 Å². The van der Waals surface area contributed by atoms with Crippen LogP contribution in [0.2, 0.25) is 0 Å². The average Bonchev–Trinajstić information content (AvgIpc) is 2.69. The molecule has 162 valence electrons. The van der Waals surface area contributed by atoms with Crippen LogP contribution in [0.4, 0.5) is 15.8 Å². The van der Waals surface area contributed by atoms with Gasteiger partial charge in [0.2, 0.25) is 15.9 Å². The van der Waals surface area contributed by atoms with Gasteiger partial charge in [-0.3, -0.25) is 19.2 Å². The SMILES string of the molecule is CC[C@@H](C(=O)NCc1ccc(F)cc1)N(c1cc([N+](=O)[O-])ccc1OC)S(C)(=O)=O. The van der Waals surface area contributed by atoms with Crippen LogP contribution in [0, 0.1) is 15.9 Å². The fourth-order valence-corrected chi connectivity index (χ4v) is 4.12. The lowest BCUT2D eigenvalue weighted by molar-refractivity contribution is -0.384. The molecule has 2 aromatic rings. The number of halogens is 1.